The van der Waals surface area contributed by atoms with Gasteiger partial charge in [0.25, 0.3) is 0 Å². The Hall–Kier alpha value is -0.710. The van der Waals surface area contributed by atoms with Crippen molar-refractivity contribution in [1.82, 2.24) is 10.2 Å². The van der Waals surface area contributed by atoms with Crippen LogP contribution >= 0.6 is 12.4 Å². The fourth-order valence-electron chi connectivity index (χ4n) is 3.58. The summed E-state index contributed by atoms with van der Waals surface area (Å²) in [6.45, 7) is 5.00. The van der Waals surface area contributed by atoms with Gasteiger partial charge in [-0.05, 0) is 56.9 Å². The number of hydrogen-bond donors (Lipinski definition) is 1. The van der Waals surface area contributed by atoms with E-state index in [-0.39, 0.29) is 23.9 Å². The maximum Gasteiger partial charge on any atom is 0.129 e. The molecule has 0 aromatic heterocycles. The third-order valence-electron chi connectivity index (χ3n) is 4.60. The summed E-state index contributed by atoms with van der Waals surface area (Å²) in [6, 6.07) is 4.17. The summed E-state index contributed by atoms with van der Waals surface area (Å²) in [6.07, 6.45) is 3.37. The summed E-state index contributed by atoms with van der Waals surface area (Å²) in [7, 11) is 0. The molecular formula is C16H23ClF2N2. The lowest BCUT2D eigenvalue weighted by Crippen LogP contribution is -2.37. The first-order valence-electron chi connectivity index (χ1n) is 7.61. The van der Waals surface area contributed by atoms with Gasteiger partial charge in [0, 0.05) is 24.6 Å². The van der Waals surface area contributed by atoms with Crippen LogP contribution in [0, 0.1) is 17.6 Å². The van der Waals surface area contributed by atoms with Gasteiger partial charge in [0.1, 0.15) is 11.6 Å². The molecule has 1 N–H and O–H groups in total. The number of rotatable bonds is 3. The van der Waals surface area contributed by atoms with Gasteiger partial charge in [0.15, 0.2) is 0 Å². The first kappa shape index (κ1) is 16.7. The van der Waals surface area contributed by atoms with Crippen LogP contribution in [0.2, 0.25) is 0 Å². The van der Waals surface area contributed by atoms with E-state index in [1.807, 2.05) is 0 Å². The van der Waals surface area contributed by atoms with Gasteiger partial charge < -0.3 is 10.2 Å². The van der Waals surface area contributed by atoms with Crippen molar-refractivity contribution in [3.8, 4) is 0 Å². The second-order valence-corrected chi connectivity index (χ2v) is 6.09. The van der Waals surface area contributed by atoms with Crippen molar-refractivity contribution in [2.45, 2.75) is 25.2 Å². The van der Waals surface area contributed by atoms with E-state index >= 15 is 0 Å². The van der Waals surface area contributed by atoms with E-state index in [1.54, 1.807) is 0 Å². The van der Waals surface area contributed by atoms with Crippen molar-refractivity contribution in [2.75, 3.05) is 32.7 Å². The average Bonchev–Trinajstić information content (AvgIpc) is 2.88. The average molecular weight is 317 g/mol. The molecule has 3 rings (SSSR count). The molecule has 0 spiro atoms. The van der Waals surface area contributed by atoms with E-state index in [2.05, 4.69) is 10.2 Å². The zero-order chi connectivity index (χ0) is 13.9. The topological polar surface area (TPSA) is 15.3 Å². The lowest BCUT2D eigenvalue weighted by molar-refractivity contribution is 0.241. The molecule has 2 nitrogen and oxygen atoms in total. The Morgan fingerprint density at radius 3 is 2.62 bits per heavy atom. The summed E-state index contributed by atoms with van der Waals surface area (Å²) in [5.41, 5.74) is 0.289. The molecule has 1 aromatic rings. The first-order chi connectivity index (χ1) is 9.74. The molecule has 21 heavy (non-hydrogen) atoms. The molecule has 5 heteroatoms. The molecular weight excluding hydrogens is 294 g/mol. The van der Waals surface area contributed by atoms with Gasteiger partial charge in [-0.25, -0.2) is 8.78 Å². The van der Waals surface area contributed by atoms with Gasteiger partial charge in [-0.1, -0.05) is 6.07 Å². The first-order valence-corrected chi connectivity index (χ1v) is 7.61. The number of piperidine rings is 1. The fraction of sp³-hybridized carbons (Fsp3) is 0.625. The molecule has 2 heterocycles. The quantitative estimate of drug-likeness (QED) is 0.921. The summed E-state index contributed by atoms with van der Waals surface area (Å²) >= 11 is 0. The van der Waals surface area contributed by atoms with E-state index < -0.39 is 11.6 Å². The predicted molar refractivity (Wildman–Crippen MR) is 83.0 cm³/mol. The van der Waals surface area contributed by atoms with Crippen LogP contribution in [-0.2, 0) is 0 Å². The fourth-order valence-corrected chi connectivity index (χ4v) is 3.58. The third kappa shape index (κ3) is 3.93. The molecule has 2 fully saturated rings. The summed E-state index contributed by atoms with van der Waals surface area (Å²) in [5.74, 6) is -0.0897. The highest BCUT2D eigenvalue weighted by atomic mass is 35.5. The normalized spacial score (nSPS) is 26.6. The Bertz CT molecular complexity index is 443. The molecule has 2 unspecified atom stereocenters. The smallest absolute Gasteiger partial charge is 0.129 e. The minimum Gasteiger partial charge on any atom is -0.316 e. The van der Waals surface area contributed by atoms with Gasteiger partial charge in [-0.15, -0.1) is 12.4 Å². The van der Waals surface area contributed by atoms with Crippen molar-refractivity contribution < 1.29 is 8.78 Å². The van der Waals surface area contributed by atoms with Gasteiger partial charge >= 0.3 is 0 Å². The second-order valence-electron chi connectivity index (χ2n) is 6.09. The zero-order valence-electron chi connectivity index (χ0n) is 12.2. The maximum atomic E-state index is 13.8. The summed E-state index contributed by atoms with van der Waals surface area (Å²) in [4.78, 5) is 2.37. The summed E-state index contributed by atoms with van der Waals surface area (Å²) in [5, 5.41) is 3.42. The predicted octanol–water partition coefficient (Wildman–Crippen LogP) is 3.18. The van der Waals surface area contributed by atoms with Crippen molar-refractivity contribution in [3.05, 3.63) is 35.4 Å². The molecule has 1 aromatic carbocycles. The number of hydrogen-bond acceptors (Lipinski definition) is 2. The lowest BCUT2D eigenvalue weighted by atomic mass is 9.97. The molecule has 0 amide bonds. The molecule has 2 saturated heterocycles. The number of nitrogens with one attached hydrogen (secondary N) is 1. The van der Waals surface area contributed by atoms with Crippen molar-refractivity contribution >= 4 is 12.4 Å². The Morgan fingerprint density at radius 1 is 1.19 bits per heavy atom. The molecule has 0 aliphatic carbocycles. The van der Waals surface area contributed by atoms with E-state index in [0.717, 1.165) is 39.1 Å². The van der Waals surface area contributed by atoms with Crippen molar-refractivity contribution in [1.29, 1.82) is 0 Å². The van der Waals surface area contributed by atoms with Gasteiger partial charge in [-0.3, -0.25) is 0 Å². The molecule has 2 aliphatic rings. The number of benzene rings is 1. The number of likely N-dealkylation sites (tertiary alicyclic amines) is 1. The van der Waals surface area contributed by atoms with Crippen LogP contribution in [0.25, 0.3) is 0 Å². The van der Waals surface area contributed by atoms with Crippen LogP contribution in [-0.4, -0.2) is 37.6 Å². The van der Waals surface area contributed by atoms with E-state index in [1.165, 1.54) is 31.0 Å². The second kappa shape index (κ2) is 7.52. The summed E-state index contributed by atoms with van der Waals surface area (Å²) < 4.78 is 27.6. The zero-order valence-corrected chi connectivity index (χ0v) is 13.0. The lowest BCUT2D eigenvalue weighted by Gasteiger charge is -2.27. The highest BCUT2D eigenvalue weighted by Crippen LogP contribution is 2.31. The van der Waals surface area contributed by atoms with Crippen LogP contribution in [0.4, 0.5) is 8.78 Å². The van der Waals surface area contributed by atoms with Gasteiger partial charge in [0.2, 0.25) is 0 Å². The van der Waals surface area contributed by atoms with E-state index in [4.69, 9.17) is 0 Å². The van der Waals surface area contributed by atoms with Crippen molar-refractivity contribution in [3.63, 3.8) is 0 Å². The van der Waals surface area contributed by atoms with E-state index in [0.29, 0.717) is 5.92 Å². The molecule has 2 aliphatic heterocycles. The number of nitrogens with zero attached hydrogens (tertiary/aromatic N) is 1. The van der Waals surface area contributed by atoms with Crippen LogP contribution in [0.5, 0.6) is 0 Å². The molecule has 0 bridgehead atoms. The molecule has 0 radical (unpaired) electrons. The minimum atomic E-state index is -0.392. The number of halogens is 3. The molecule has 2 atom stereocenters. The Labute approximate surface area is 131 Å². The van der Waals surface area contributed by atoms with Crippen LogP contribution < -0.4 is 5.32 Å². The highest BCUT2D eigenvalue weighted by molar-refractivity contribution is 5.85. The Kier molecular flexibility index (Phi) is 5.97. The van der Waals surface area contributed by atoms with Crippen molar-refractivity contribution in [2.24, 2.45) is 5.92 Å². The van der Waals surface area contributed by atoms with Gasteiger partial charge in [-0.2, -0.15) is 0 Å². The van der Waals surface area contributed by atoms with Crippen LogP contribution in [0.15, 0.2) is 18.2 Å². The Morgan fingerprint density at radius 2 is 1.95 bits per heavy atom. The van der Waals surface area contributed by atoms with E-state index in [9.17, 15) is 8.78 Å². The molecule has 0 saturated carbocycles. The standard InChI is InChI=1S/C16H22F2N2.ClH/c17-14-4-1-5-15(18)16(14)13-6-8-20(11-13)10-12-3-2-7-19-9-12;/h1,4-5,12-13,19H,2-3,6-11H2;1H. The highest BCUT2D eigenvalue weighted by Gasteiger charge is 2.29. The third-order valence-corrected chi connectivity index (χ3v) is 4.60. The monoisotopic (exact) mass is 316 g/mol. The molecule has 118 valence electrons. The van der Waals surface area contributed by atoms with Gasteiger partial charge in [0.05, 0.1) is 0 Å². The largest absolute Gasteiger partial charge is 0.316 e. The maximum absolute atomic E-state index is 13.8. The van der Waals surface area contributed by atoms with Crippen LogP contribution in [0.1, 0.15) is 30.7 Å². The SMILES string of the molecule is Cl.Fc1cccc(F)c1C1CCN(CC2CCCNC2)C1. The van der Waals surface area contributed by atoms with Crippen LogP contribution in [0.3, 0.4) is 0 Å². The Balaban J connectivity index is 0.00000161. The minimum absolute atomic E-state index is 0.